The zero-order valence-electron chi connectivity index (χ0n) is 19.5. The Hall–Kier alpha value is -1.81. The molecule has 0 bridgehead atoms. The van der Waals surface area contributed by atoms with E-state index in [2.05, 4.69) is 61.4 Å². The van der Waals surface area contributed by atoms with E-state index in [4.69, 9.17) is 4.74 Å². The first-order valence-electron chi connectivity index (χ1n) is 12.3. The topological polar surface area (TPSA) is 32.8 Å². The number of hydrogen-bond donors (Lipinski definition) is 0. The second-order valence-corrected chi connectivity index (χ2v) is 11.0. The van der Waals surface area contributed by atoms with E-state index >= 15 is 0 Å². The normalized spacial score (nSPS) is 38.5. The minimum Gasteiger partial charge on any atom is -0.462 e. The standard InChI is InChI=1S/C27H38N2O2/c1-18-7-5-9-21(13-18)29-12-11-28(16-20(29)3)17-23-22-14-24-19(2)8-6-10-27(24,4)15-25(22)31-26(23)30/h5,7,9,13,20,22-25H,2,6,8,10-12,14-17H2,1,3-4H3. The third kappa shape index (κ3) is 3.82. The Morgan fingerprint density at radius 1 is 1.29 bits per heavy atom. The number of carbonyl (C=O) groups excluding carboxylic acids is 1. The van der Waals surface area contributed by atoms with Crippen LogP contribution in [0.25, 0.3) is 0 Å². The number of rotatable bonds is 3. The molecule has 2 saturated carbocycles. The molecule has 0 amide bonds. The van der Waals surface area contributed by atoms with E-state index in [9.17, 15) is 4.79 Å². The number of allylic oxidation sites excluding steroid dienone is 1. The fourth-order valence-electron chi connectivity index (χ4n) is 7.13. The molecule has 6 atom stereocenters. The summed E-state index contributed by atoms with van der Waals surface area (Å²) in [6.07, 6.45) is 5.89. The summed E-state index contributed by atoms with van der Waals surface area (Å²) >= 11 is 0. The number of fused-ring (bicyclic) bond motifs is 2. The molecule has 0 N–H and O–H groups in total. The van der Waals surface area contributed by atoms with Crippen molar-refractivity contribution in [2.75, 3.05) is 31.1 Å². The second kappa shape index (κ2) is 7.95. The van der Waals surface area contributed by atoms with Gasteiger partial charge in [0, 0.05) is 43.8 Å². The van der Waals surface area contributed by atoms with E-state index < -0.39 is 0 Å². The van der Waals surface area contributed by atoms with Crippen LogP contribution in [0.2, 0.25) is 0 Å². The summed E-state index contributed by atoms with van der Waals surface area (Å²) in [5, 5.41) is 0. The minimum atomic E-state index is 0.0296. The van der Waals surface area contributed by atoms with E-state index in [1.54, 1.807) is 0 Å². The molecule has 0 spiro atoms. The summed E-state index contributed by atoms with van der Waals surface area (Å²) in [7, 11) is 0. The number of benzene rings is 1. The molecule has 168 valence electrons. The zero-order valence-corrected chi connectivity index (χ0v) is 19.5. The highest BCUT2D eigenvalue weighted by atomic mass is 16.6. The van der Waals surface area contributed by atoms with Crippen LogP contribution in [-0.4, -0.2) is 49.2 Å². The van der Waals surface area contributed by atoms with Gasteiger partial charge in [-0.25, -0.2) is 0 Å². The van der Waals surface area contributed by atoms with Crippen molar-refractivity contribution in [3.8, 4) is 0 Å². The summed E-state index contributed by atoms with van der Waals surface area (Å²) in [6.45, 7) is 15.2. The molecule has 4 nitrogen and oxygen atoms in total. The van der Waals surface area contributed by atoms with E-state index in [-0.39, 0.29) is 23.4 Å². The van der Waals surface area contributed by atoms with Gasteiger partial charge < -0.3 is 9.64 Å². The Morgan fingerprint density at radius 2 is 2.13 bits per heavy atom. The van der Waals surface area contributed by atoms with Gasteiger partial charge in [0.25, 0.3) is 0 Å². The average Bonchev–Trinajstić information content (AvgIpc) is 3.00. The third-order valence-corrected chi connectivity index (χ3v) is 8.82. The maximum Gasteiger partial charge on any atom is 0.310 e. The lowest BCUT2D eigenvalue weighted by molar-refractivity contribution is -0.146. The third-order valence-electron chi connectivity index (χ3n) is 8.82. The number of esters is 1. The first-order valence-corrected chi connectivity index (χ1v) is 12.3. The van der Waals surface area contributed by atoms with Gasteiger partial charge in [0.2, 0.25) is 0 Å². The number of hydrogen-bond acceptors (Lipinski definition) is 4. The molecule has 4 heteroatoms. The van der Waals surface area contributed by atoms with Gasteiger partial charge in [0.05, 0.1) is 5.92 Å². The number of anilines is 1. The van der Waals surface area contributed by atoms with Crippen molar-refractivity contribution in [1.82, 2.24) is 4.90 Å². The fourth-order valence-corrected chi connectivity index (χ4v) is 7.13. The van der Waals surface area contributed by atoms with Gasteiger partial charge >= 0.3 is 5.97 Å². The lowest BCUT2D eigenvalue weighted by Crippen LogP contribution is -2.54. The van der Waals surface area contributed by atoms with E-state index in [1.165, 1.54) is 29.7 Å². The van der Waals surface area contributed by atoms with Crippen LogP contribution in [0.4, 0.5) is 5.69 Å². The molecule has 2 heterocycles. The predicted octanol–water partition coefficient (Wildman–Crippen LogP) is 4.82. The Kier molecular flexibility index (Phi) is 5.40. The molecule has 1 aromatic rings. The first kappa shape index (κ1) is 21.1. The number of piperazine rings is 1. The van der Waals surface area contributed by atoms with Gasteiger partial charge in [-0.15, -0.1) is 0 Å². The van der Waals surface area contributed by atoms with Crippen LogP contribution in [0.5, 0.6) is 0 Å². The van der Waals surface area contributed by atoms with Crippen LogP contribution in [0.15, 0.2) is 36.4 Å². The molecule has 4 fully saturated rings. The second-order valence-electron chi connectivity index (χ2n) is 11.0. The largest absolute Gasteiger partial charge is 0.462 e. The van der Waals surface area contributed by atoms with Crippen LogP contribution in [0.1, 0.15) is 51.5 Å². The molecule has 5 rings (SSSR count). The lowest BCUT2D eigenvalue weighted by atomic mass is 9.55. The summed E-state index contributed by atoms with van der Waals surface area (Å²) in [5.41, 5.74) is 4.32. The number of nitrogens with zero attached hydrogens (tertiary/aromatic N) is 2. The van der Waals surface area contributed by atoms with Crippen LogP contribution in [0, 0.1) is 30.1 Å². The van der Waals surface area contributed by atoms with Gasteiger partial charge in [-0.3, -0.25) is 9.69 Å². The van der Waals surface area contributed by atoms with E-state index in [0.29, 0.717) is 17.9 Å². The molecule has 4 aliphatic rings. The van der Waals surface area contributed by atoms with Gasteiger partial charge in [-0.05, 0) is 75.0 Å². The summed E-state index contributed by atoms with van der Waals surface area (Å²) in [4.78, 5) is 17.9. The summed E-state index contributed by atoms with van der Waals surface area (Å²) < 4.78 is 5.99. The van der Waals surface area contributed by atoms with Crippen LogP contribution >= 0.6 is 0 Å². The van der Waals surface area contributed by atoms with Gasteiger partial charge in [0.1, 0.15) is 6.10 Å². The van der Waals surface area contributed by atoms with Crippen LogP contribution < -0.4 is 4.90 Å². The van der Waals surface area contributed by atoms with Crippen molar-refractivity contribution in [1.29, 1.82) is 0 Å². The van der Waals surface area contributed by atoms with Crippen molar-refractivity contribution in [2.24, 2.45) is 23.2 Å². The van der Waals surface area contributed by atoms with Crippen molar-refractivity contribution in [3.05, 3.63) is 42.0 Å². The molecule has 0 aromatic heterocycles. The average molecular weight is 423 g/mol. The molecule has 1 aromatic carbocycles. The fraction of sp³-hybridized carbons (Fsp3) is 0.667. The molecule has 2 aliphatic carbocycles. The number of carbonyl (C=O) groups is 1. The zero-order chi connectivity index (χ0) is 21.8. The maximum atomic E-state index is 12.9. The first-order chi connectivity index (χ1) is 14.8. The SMILES string of the molecule is C=C1CCCC2(C)CC3OC(=O)C(CN4CCN(c5cccc(C)c5)C(C)C4)C3CC12. The molecule has 0 radical (unpaired) electrons. The number of ether oxygens (including phenoxy) is 1. The highest BCUT2D eigenvalue weighted by Crippen LogP contribution is 2.57. The monoisotopic (exact) mass is 422 g/mol. The Bertz CT molecular complexity index is 867. The molecule has 31 heavy (non-hydrogen) atoms. The molecular formula is C27H38N2O2. The van der Waals surface area contributed by atoms with Gasteiger partial charge in [-0.1, -0.05) is 31.2 Å². The summed E-state index contributed by atoms with van der Waals surface area (Å²) in [6, 6.07) is 9.24. The van der Waals surface area contributed by atoms with Crippen molar-refractivity contribution < 1.29 is 9.53 Å². The smallest absolute Gasteiger partial charge is 0.310 e. The van der Waals surface area contributed by atoms with Gasteiger partial charge in [0.15, 0.2) is 0 Å². The Morgan fingerprint density at radius 3 is 2.90 bits per heavy atom. The quantitative estimate of drug-likeness (QED) is 0.516. The highest BCUT2D eigenvalue weighted by molar-refractivity contribution is 5.75. The molecule has 2 aliphatic heterocycles. The van der Waals surface area contributed by atoms with E-state index in [0.717, 1.165) is 45.4 Å². The molecule has 6 unspecified atom stereocenters. The highest BCUT2D eigenvalue weighted by Gasteiger charge is 2.55. The Labute approximate surface area is 187 Å². The predicted molar refractivity (Wildman–Crippen MR) is 125 cm³/mol. The summed E-state index contributed by atoms with van der Waals surface area (Å²) in [5.74, 6) is 1.01. The number of aryl methyl sites for hydroxylation is 1. The maximum absolute atomic E-state index is 12.9. The van der Waals surface area contributed by atoms with Crippen LogP contribution in [0.3, 0.4) is 0 Å². The molecule has 2 saturated heterocycles. The lowest BCUT2D eigenvalue weighted by Gasteiger charge is -2.50. The van der Waals surface area contributed by atoms with E-state index in [1.807, 2.05) is 0 Å². The Balaban J connectivity index is 1.25. The van der Waals surface area contributed by atoms with Crippen LogP contribution in [-0.2, 0) is 9.53 Å². The van der Waals surface area contributed by atoms with Gasteiger partial charge in [-0.2, -0.15) is 0 Å². The molecular weight excluding hydrogens is 384 g/mol. The van der Waals surface area contributed by atoms with Crippen molar-refractivity contribution >= 4 is 11.7 Å². The van der Waals surface area contributed by atoms with Crippen molar-refractivity contribution in [2.45, 2.75) is 65.0 Å². The van der Waals surface area contributed by atoms with Crippen molar-refractivity contribution in [3.63, 3.8) is 0 Å². The minimum absolute atomic E-state index is 0.0296.